The van der Waals surface area contributed by atoms with Gasteiger partial charge in [0.05, 0.1) is 27.2 Å². The summed E-state index contributed by atoms with van der Waals surface area (Å²) in [5.74, 6) is 0.805. The van der Waals surface area contributed by atoms with Gasteiger partial charge in [0.2, 0.25) is 0 Å². The first-order valence-corrected chi connectivity index (χ1v) is 5.31. The second-order valence-corrected chi connectivity index (χ2v) is 4.98. The van der Waals surface area contributed by atoms with Gasteiger partial charge in [-0.15, -0.1) is 11.3 Å². The average Bonchev–Trinajstić information content (AvgIpc) is 2.71. The number of nitrogens with zero attached hydrogens (tertiary/aromatic N) is 1. The van der Waals surface area contributed by atoms with Crippen LogP contribution in [0.25, 0.3) is 10.7 Å². The van der Waals surface area contributed by atoms with Gasteiger partial charge in [-0.3, -0.25) is 0 Å². The standard InChI is InChI=1S/C8H7BrN2OS/c9-7-2-1-6(13-7)8-10-3-5(4-12)11-8/h1-3,12H,4H2,(H,10,11). The van der Waals surface area contributed by atoms with Crippen LogP contribution in [0.3, 0.4) is 0 Å². The van der Waals surface area contributed by atoms with Crippen molar-refractivity contribution >= 4 is 27.3 Å². The third kappa shape index (κ3) is 1.82. The molecule has 13 heavy (non-hydrogen) atoms. The number of halogens is 1. The van der Waals surface area contributed by atoms with E-state index >= 15 is 0 Å². The normalized spacial score (nSPS) is 10.6. The molecule has 0 radical (unpaired) electrons. The molecule has 0 aliphatic carbocycles. The number of imidazole rings is 1. The summed E-state index contributed by atoms with van der Waals surface area (Å²) >= 11 is 4.99. The van der Waals surface area contributed by atoms with Crippen LogP contribution >= 0.6 is 27.3 Å². The molecule has 5 heteroatoms. The van der Waals surface area contributed by atoms with Crippen molar-refractivity contribution in [2.45, 2.75) is 6.61 Å². The van der Waals surface area contributed by atoms with Crippen LogP contribution in [-0.4, -0.2) is 15.1 Å². The van der Waals surface area contributed by atoms with Crippen LogP contribution in [0.2, 0.25) is 0 Å². The van der Waals surface area contributed by atoms with Crippen molar-refractivity contribution in [3.8, 4) is 10.7 Å². The number of aliphatic hydroxyl groups excluding tert-OH is 1. The molecule has 68 valence electrons. The lowest BCUT2D eigenvalue weighted by Gasteiger charge is -1.88. The van der Waals surface area contributed by atoms with Crippen molar-refractivity contribution in [1.82, 2.24) is 9.97 Å². The fourth-order valence-electron chi connectivity index (χ4n) is 1.01. The van der Waals surface area contributed by atoms with Gasteiger partial charge >= 0.3 is 0 Å². The molecule has 0 atom stereocenters. The summed E-state index contributed by atoms with van der Waals surface area (Å²) in [5.41, 5.74) is 0.736. The van der Waals surface area contributed by atoms with Gasteiger partial charge in [0, 0.05) is 0 Å². The Balaban J connectivity index is 2.35. The molecule has 2 aromatic heterocycles. The first-order valence-electron chi connectivity index (χ1n) is 3.70. The molecule has 0 amide bonds. The van der Waals surface area contributed by atoms with Crippen LogP contribution in [0, 0.1) is 0 Å². The number of rotatable bonds is 2. The van der Waals surface area contributed by atoms with Crippen molar-refractivity contribution in [2.24, 2.45) is 0 Å². The summed E-state index contributed by atoms with van der Waals surface area (Å²) in [6, 6.07) is 3.95. The van der Waals surface area contributed by atoms with Gasteiger partial charge in [0.15, 0.2) is 0 Å². The Morgan fingerprint density at radius 2 is 2.38 bits per heavy atom. The van der Waals surface area contributed by atoms with E-state index in [4.69, 9.17) is 5.11 Å². The van der Waals surface area contributed by atoms with E-state index in [2.05, 4.69) is 25.9 Å². The van der Waals surface area contributed by atoms with Crippen molar-refractivity contribution in [3.63, 3.8) is 0 Å². The van der Waals surface area contributed by atoms with E-state index < -0.39 is 0 Å². The SMILES string of the molecule is OCc1cnc(-c2ccc(Br)s2)[nH]1. The van der Waals surface area contributed by atoms with Crippen molar-refractivity contribution < 1.29 is 5.11 Å². The highest BCUT2D eigenvalue weighted by Crippen LogP contribution is 2.29. The van der Waals surface area contributed by atoms with Crippen LogP contribution in [0.4, 0.5) is 0 Å². The van der Waals surface area contributed by atoms with Gasteiger partial charge in [0.25, 0.3) is 0 Å². The molecule has 2 aromatic rings. The summed E-state index contributed by atoms with van der Waals surface area (Å²) in [6.07, 6.45) is 1.64. The first-order chi connectivity index (χ1) is 6.29. The van der Waals surface area contributed by atoms with Crippen molar-refractivity contribution in [3.05, 3.63) is 27.8 Å². The molecule has 2 rings (SSSR count). The van der Waals surface area contributed by atoms with E-state index in [0.717, 1.165) is 20.2 Å². The summed E-state index contributed by atoms with van der Waals surface area (Å²) < 4.78 is 1.07. The maximum Gasteiger partial charge on any atom is 0.147 e. The second kappa shape index (κ2) is 3.61. The number of aliphatic hydroxyl groups is 1. The number of hydrogen-bond donors (Lipinski definition) is 2. The van der Waals surface area contributed by atoms with Gasteiger partial charge in [-0.1, -0.05) is 0 Å². The lowest BCUT2D eigenvalue weighted by atomic mass is 10.4. The largest absolute Gasteiger partial charge is 0.390 e. The highest BCUT2D eigenvalue weighted by molar-refractivity contribution is 9.11. The second-order valence-electron chi connectivity index (χ2n) is 2.52. The fourth-order valence-corrected chi connectivity index (χ4v) is 2.34. The van der Waals surface area contributed by atoms with E-state index in [0.29, 0.717) is 0 Å². The minimum Gasteiger partial charge on any atom is -0.390 e. The molecule has 2 heterocycles. The lowest BCUT2D eigenvalue weighted by Crippen LogP contribution is -1.80. The molecule has 3 nitrogen and oxygen atoms in total. The number of H-pyrrole nitrogens is 1. The summed E-state index contributed by atoms with van der Waals surface area (Å²) in [6.45, 7) is -0.000452. The fraction of sp³-hybridized carbons (Fsp3) is 0.125. The molecular weight excluding hydrogens is 252 g/mol. The molecule has 0 aliphatic heterocycles. The molecule has 0 saturated carbocycles. The minimum atomic E-state index is -0.000452. The Kier molecular flexibility index (Phi) is 2.48. The zero-order valence-electron chi connectivity index (χ0n) is 6.62. The van der Waals surface area contributed by atoms with E-state index in [-0.39, 0.29) is 6.61 Å². The third-order valence-electron chi connectivity index (χ3n) is 1.61. The molecule has 0 aromatic carbocycles. The predicted molar refractivity (Wildman–Crippen MR) is 55.5 cm³/mol. The highest BCUT2D eigenvalue weighted by atomic mass is 79.9. The Labute approximate surface area is 87.6 Å². The van der Waals surface area contributed by atoms with E-state index in [1.165, 1.54) is 0 Å². The number of thiophene rings is 1. The van der Waals surface area contributed by atoms with Crippen LogP contribution in [0.1, 0.15) is 5.69 Å². The number of aromatic amines is 1. The number of aromatic nitrogens is 2. The quantitative estimate of drug-likeness (QED) is 0.869. The summed E-state index contributed by atoms with van der Waals surface area (Å²) in [7, 11) is 0. The first kappa shape index (κ1) is 8.93. The summed E-state index contributed by atoms with van der Waals surface area (Å²) in [5, 5.41) is 8.83. The lowest BCUT2D eigenvalue weighted by molar-refractivity contribution is 0.277. The minimum absolute atomic E-state index is 0.000452. The maximum absolute atomic E-state index is 8.83. The Morgan fingerprint density at radius 3 is 2.92 bits per heavy atom. The number of hydrogen-bond acceptors (Lipinski definition) is 3. The molecular formula is C8H7BrN2OS. The Morgan fingerprint density at radius 1 is 1.54 bits per heavy atom. The highest BCUT2D eigenvalue weighted by Gasteiger charge is 2.04. The molecule has 0 saturated heterocycles. The van der Waals surface area contributed by atoms with Crippen LogP contribution in [0.15, 0.2) is 22.1 Å². The molecule has 0 spiro atoms. The van der Waals surface area contributed by atoms with E-state index in [1.54, 1.807) is 17.5 Å². The number of nitrogens with one attached hydrogen (secondary N) is 1. The van der Waals surface area contributed by atoms with Gasteiger partial charge < -0.3 is 10.1 Å². The predicted octanol–water partition coefficient (Wildman–Crippen LogP) is 2.39. The average molecular weight is 259 g/mol. The van der Waals surface area contributed by atoms with E-state index in [9.17, 15) is 0 Å². The van der Waals surface area contributed by atoms with Gasteiger partial charge in [-0.25, -0.2) is 4.98 Å². The van der Waals surface area contributed by atoms with Crippen LogP contribution < -0.4 is 0 Å². The van der Waals surface area contributed by atoms with E-state index in [1.807, 2.05) is 12.1 Å². The molecule has 0 fully saturated rings. The van der Waals surface area contributed by atoms with Crippen molar-refractivity contribution in [2.75, 3.05) is 0 Å². The van der Waals surface area contributed by atoms with Crippen LogP contribution in [0.5, 0.6) is 0 Å². The summed E-state index contributed by atoms with van der Waals surface area (Å²) in [4.78, 5) is 8.23. The van der Waals surface area contributed by atoms with Gasteiger partial charge in [-0.05, 0) is 28.1 Å². The third-order valence-corrected chi connectivity index (χ3v) is 3.24. The zero-order chi connectivity index (χ0) is 9.26. The molecule has 2 N–H and O–H groups in total. The smallest absolute Gasteiger partial charge is 0.147 e. The van der Waals surface area contributed by atoms with Crippen molar-refractivity contribution in [1.29, 1.82) is 0 Å². The molecule has 0 bridgehead atoms. The Bertz CT molecular complexity index is 410. The molecule has 0 unspecified atom stereocenters. The monoisotopic (exact) mass is 258 g/mol. The zero-order valence-corrected chi connectivity index (χ0v) is 9.02. The molecule has 0 aliphatic rings. The van der Waals surface area contributed by atoms with Gasteiger partial charge in [-0.2, -0.15) is 0 Å². The Hall–Kier alpha value is -0.650. The van der Waals surface area contributed by atoms with Crippen LogP contribution in [-0.2, 0) is 6.61 Å². The maximum atomic E-state index is 8.83. The van der Waals surface area contributed by atoms with Gasteiger partial charge in [0.1, 0.15) is 5.82 Å². The topological polar surface area (TPSA) is 48.9 Å².